The first-order valence-corrected chi connectivity index (χ1v) is 11.5. The Hall–Kier alpha value is -2.72. The minimum atomic E-state index is -0.488. The molecule has 0 aromatic heterocycles. The third-order valence-corrected chi connectivity index (χ3v) is 6.91. The van der Waals surface area contributed by atoms with Gasteiger partial charge in [-0.3, -0.25) is 0 Å². The molecule has 2 atom stereocenters. The Morgan fingerprint density at radius 2 is 1.56 bits per heavy atom. The monoisotopic (exact) mass is 478 g/mol. The summed E-state index contributed by atoms with van der Waals surface area (Å²) < 4.78 is 6.40. The fourth-order valence-corrected chi connectivity index (χ4v) is 5.32. The lowest BCUT2D eigenvalue weighted by Gasteiger charge is -2.38. The second-order valence-corrected chi connectivity index (χ2v) is 9.26. The Morgan fingerprint density at radius 1 is 0.781 bits per heavy atom. The lowest BCUT2D eigenvalue weighted by molar-refractivity contribution is -0.0188. The van der Waals surface area contributed by atoms with Gasteiger partial charge < -0.3 is 4.74 Å². The second-order valence-electron chi connectivity index (χ2n) is 8.01. The molecule has 4 aromatic carbocycles. The van der Waals surface area contributed by atoms with Crippen LogP contribution in [-0.2, 0) is 0 Å². The number of benzene rings is 4. The van der Waals surface area contributed by atoms with Crippen molar-refractivity contribution in [1.29, 1.82) is 0 Å². The van der Waals surface area contributed by atoms with Crippen LogP contribution in [0.1, 0.15) is 35.4 Å². The van der Waals surface area contributed by atoms with Crippen LogP contribution in [0, 0.1) is 0 Å². The third kappa shape index (κ3) is 3.24. The minimum absolute atomic E-state index is 0.0577. The van der Waals surface area contributed by atoms with Gasteiger partial charge in [0.1, 0.15) is 5.75 Å². The van der Waals surface area contributed by atoms with Gasteiger partial charge in [-0.1, -0.05) is 89.4 Å². The van der Waals surface area contributed by atoms with Crippen molar-refractivity contribution in [2.45, 2.75) is 18.7 Å². The summed E-state index contributed by atoms with van der Waals surface area (Å²) in [6.45, 7) is 0. The largest absolute Gasteiger partial charge is 0.463 e. The molecule has 158 valence electrons. The van der Waals surface area contributed by atoms with Gasteiger partial charge in [-0.25, -0.2) is 5.01 Å². The van der Waals surface area contributed by atoms with Crippen LogP contribution in [-0.4, -0.2) is 10.7 Å². The van der Waals surface area contributed by atoms with Crippen molar-refractivity contribution >= 4 is 51.3 Å². The molecule has 0 radical (unpaired) electrons. The summed E-state index contributed by atoms with van der Waals surface area (Å²) in [4.78, 5) is 0. The van der Waals surface area contributed by atoms with Gasteiger partial charge in [0.15, 0.2) is 0 Å². The molecule has 4 aromatic rings. The summed E-state index contributed by atoms with van der Waals surface area (Å²) in [5, 5.41) is 11.1. The first-order valence-electron chi connectivity index (χ1n) is 10.3. The highest BCUT2D eigenvalue weighted by atomic mass is 35.5. The van der Waals surface area contributed by atoms with E-state index in [4.69, 9.17) is 44.6 Å². The number of nitrogens with zero attached hydrogens (tertiary/aromatic N) is 2. The van der Waals surface area contributed by atoms with E-state index >= 15 is 0 Å². The van der Waals surface area contributed by atoms with E-state index in [9.17, 15) is 0 Å². The first kappa shape index (κ1) is 19.9. The van der Waals surface area contributed by atoms with Crippen LogP contribution in [0.25, 0.3) is 10.8 Å². The predicted octanol–water partition coefficient (Wildman–Crippen LogP) is 8.04. The van der Waals surface area contributed by atoms with E-state index in [1.54, 1.807) is 6.07 Å². The minimum Gasteiger partial charge on any atom is -0.463 e. The van der Waals surface area contributed by atoms with E-state index in [-0.39, 0.29) is 6.04 Å². The average Bonchev–Trinajstić information content (AvgIpc) is 3.25. The Morgan fingerprint density at radius 3 is 2.41 bits per heavy atom. The smallest absolute Gasteiger partial charge is 0.215 e. The lowest BCUT2D eigenvalue weighted by atomic mass is 9.95. The molecule has 0 aliphatic carbocycles. The highest BCUT2D eigenvalue weighted by Gasteiger charge is 2.42. The Balaban J connectivity index is 1.49. The molecule has 2 heterocycles. The SMILES string of the molecule is Clc1cc(Cl)c2c(c1)[C@@H]1CC(c3ccc4ccccc4c3)=NN1[C@@H](c1ccccc1Cl)O2. The molecule has 0 N–H and O–H groups in total. The number of hydrogen-bond acceptors (Lipinski definition) is 3. The molecule has 0 bridgehead atoms. The van der Waals surface area contributed by atoms with E-state index in [1.165, 1.54) is 10.8 Å². The Bertz CT molecular complexity index is 1400. The number of hydrogen-bond donors (Lipinski definition) is 0. The van der Waals surface area contributed by atoms with Crippen molar-refractivity contribution in [2.24, 2.45) is 5.10 Å². The molecule has 2 aliphatic heterocycles. The third-order valence-electron chi connectivity index (χ3n) is 6.06. The Kier molecular flexibility index (Phi) is 4.80. The van der Waals surface area contributed by atoms with Crippen molar-refractivity contribution in [1.82, 2.24) is 5.01 Å². The molecule has 0 amide bonds. The molecule has 2 aliphatic rings. The van der Waals surface area contributed by atoms with Crippen molar-refractivity contribution in [2.75, 3.05) is 0 Å². The normalized spacial score (nSPS) is 19.3. The number of rotatable bonds is 2. The first-order chi connectivity index (χ1) is 15.6. The van der Waals surface area contributed by atoms with Crippen molar-refractivity contribution < 1.29 is 4.74 Å². The van der Waals surface area contributed by atoms with Gasteiger partial charge in [0.25, 0.3) is 0 Å². The number of halogens is 3. The molecule has 32 heavy (non-hydrogen) atoms. The van der Waals surface area contributed by atoms with Crippen LogP contribution in [0.2, 0.25) is 15.1 Å². The van der Waals surface area contributed by atoms with Gasteiger partial charge in [-0.2, -0.15) is 5.10 Å². The van der Waals surface area contributed by atoms with Gasteiger partial charge in [0.2, 0.25) is 6.23 Å². The van der Waals surface area contributed by atoms with Gasteiger partial charge in [-0.15, -0.1) is 0 Å². The van der Waals surface area contributed by atoms with Crippen molar-refractivity contribution in [3.8, 4) is 5.75 Å². The maximum atomic E-state index is 6.55. The van der Waals surface area contributed by atoms with E-state index < -0.39 is 6.23 Å². The molecule has 0 saturated heterocycles. The topological polar surface area (TPSA) is 24.8 Å². The van der Waals surface area contributed by atoms with Crippen molar-refractivity contribution in [3.05, 3.63) is 111 Å². The van der Waals surface area contributed by atoms with Crippen LogP contribution in [0.3, 0.4) is 0 Å². The molecule has 0 fully saturated rings. The molecule has 3 nitrogen and oxygen atoms in total. The molecule has 6 rings (SSSR count). The maximum Gasteiger partial charge on any atom is 0.215 e. The summed E-state index contributed by atoms with van der Waals surface area (Å²) in [5.41, 5.74) is 3.86. The van der Waals surface area contributed by atoms with E-state index in [0.29, 0.717) is 27.2 Å². The molecule has 0 spiro atoms. The van der Waals surface area contributed by atoms with Crippen LogP contribution in [0.5, 0.6) is 5.75 Å². The number of fused-ring (bicyclic) bond motifs is 4. The van der Waals surface area contributed by atoms with Gasteiger partial charge in [-0.05, 0) is 40.6 Å². The quantitative estimate of drug-likeness (QED) is 0.290. The van der Waals surface area contributed by atoms with Crippen LogP contribution < -0.4 is 4.74 Å². The van der Waals surface area contributed by atoms with Gasteiger partial charge in [0, 0.05) is 27.6 Å². The zero-order valence-corrected chi connectivity index (χ0v) is 19.1. The molecule has 0 unspecified atom stereocenters. The molecular formula is C26H17Cl3N2O. The second kappa shape index (κ2) is 7.70. The molecular weight excluding hydrogens is 463 g/mol. The molecule has 6 heteroatoms. The standard InChI is InChI=1S/C26H17Cl3N2O/c27-18-12-20-24-14-23(17-10-9-15-5-1-2-6-16(15)11-17)30-31(24)26(32-25(20)22(29)13-18)19-7-3-4-8-21(19)28/h1-13,24,26H,14H2/t24-,26+/m0/s1. The summed E-state index contributed by atoms with van der Waals surface area (Å²) in [5.74, 6) is 0.636. The number of ether oxygens (including phenoxy) is 1. The fourth-order valence-electron chi connectivity index (χ4n) is 4.54. The zero-order valence-electron chi connectivity index (χ0n) is 16.8. The Labute approximate surface area is 200 Å². The van der Waals surface area contributed by atoms with Crippen LogP contribution in [0.15, 0.2) is 84.0 Å². The zero-order chi connectivity index (χ0) is 21.8. The molecule has 0 saturated carbocycles. The average molecular weight is 480 g/mol. The highest BCUT2D eigenvalue weighted by Crippen LogP contribution is 2.51. The predicted molar refractivity (Wildman–Crippen MR) is 131 cm³/mol. The van der Waals surface area contributed by atoms with E-state index in [2.05, 4.69) is 30.3 Å². The lowest BCUT2D eigenvalue weighted by Crippen LogP contribution is -2.34. The van der Waals surface area contributed by atoms with Crippen molar-refractivity contribution in [3.63, 3.8) is 0 Å². The maximum absolute atomic E-state index is 6.55. The fraction of sp³-hybridized carbons (Fsp3) is 0.115. The van der Waals surface area contributed by atoms with Crippen LogP contribution >= 0.6 is 34.8 Å². The van der Waals surface area contributed by atoms with Crippen LogP contribution in [0.4, 0.5) is 0 Å². The van der Waals surface area contributed by atoms with Gasteiger partial charge in [0.05, 0.1) is 16.8 Å². The van der Waals surface area contributed by atoms with E-state index in [0.717, 1.165) is 22.4 Å². The summed E-state index contributed by atoms with van der Waals surface area (Å²) in [7, 11) is 0. The van der Waals surface area contributed by atoms with E-state index in [1.807, 2.05) is 47.5 Å². The summed E-state index contributed by atoms with van der Waals surface area (Å²) in [6, 6.07) is 26.0. The number of hydrazone groups is 1. The summed E-state index contributed by atoms with van der Waals surface area (Å²) >= 11 is 19.5. The highest BCUT2D eigenvalue weighted by molar-refractivity contribution is 6.35. The van der Waals surface area contributed by atoms with Gasteiger partial charge >= 0.3 is 0 Å². The summed E-state index contributed by atoms with van der Waals surface area (Å²) in [6.07, 6.45) is 0.226.